The summed E-state index contributed by atoms with van der Waals surface area (Å²) in [7, 11) is 0. The van der Waals surface area contributed by atoms with Crippen LogP contribution in [0.5, 0.6) is 0 Å². The van der Waals surface area contributed by atoms with Crippen molar-refractivity contribution in [2.75, 3.05) is 0 Å². The zero-order valence-corrected chi connectivity index (χ0v) is 14.4. The number of para-hydroxylation sites is 1. The number of fused-ring (bicyclic) bond motifs is 1. The van der Waals surface area contributed by atoms with E-state index in [1.165, 1.54) is 6.07 Å². The van der Waals surface area contributed by atoms with Gasteiger partial charge in [0.05, 0.1) is 17.7 Å². The first-order valence-corrected chi connectivity index (χ1v) is 8.60. The average molecular weight is 349 g/mol. The number of aromatic amines is 1. The lowest BCUT2D eigenvalue weighted by molar-refractivity contribution is 0.0925. The van der Waals surface area contributed by atoms with Crippen molar-refractivity contribution in [2.45, 2.75) is 32.2 Å². The summed E-state index contributed by atoms with van der Waals surface area (Å²) in [4.78, 5) is 32.3. The number of rotatable bonds is 3. The van der Waals surface area contributed by atoms with Crippen LogP contribution in [0.1, 0.15) is 34.0 Å². The van der Waals surface area contributed by atoms with Gasteiger partial charge in [-0.1, -0.05) is 18.2 Å². The molecular weight excluding hydrogens is 330 g/mol. The summed E-state index contributed by atoms with van der Waals surface area (Å²) in [5.41, 5.74) is 3.12. The smallest absolute Gasteiger partial charge is 0.276 e. The van der Waals surface area contributed by atoms with E-state index in [2.05, 4.69) is 20.4 Å². The molecule has 7 nitrogen and oxygen atoms in total. The minimum atomic E-state index is -0.437. The zero-order valence-electron chi connectivity index (χ0n) is 14.4. The van der Waals surface area contributed by atoms with E-state index in [4.69, 9.17) is 0 Å². The Kier molecular flexibility index (Phi) is 4.12. The number of imidazole rings is 1. The van der Waals surface area contributed by atoms with Gasteiger partial charge >= 0.3 is 0 Å². The first-order chi connectivity index (χ1) is 12.6. The van der Waals surface area contributed by atoms with E-state index < -0.39 is 5.91 Å². The van der Waals surface area contributed by atoms with Crippen molar-refractivity contribution in [3.05, 3.63) is 75.7 Å². The minimum absolute atomic E-state index is 0.0388. The number of hydrogen-bond acceptors (Lipinski definition) is 4. The van der Waals surface area contributed by atoms with Crippen molar-refractivity contribution in [1.29, 1.82) is 0 Å². The molecule has 4 rings (SSSR count). The molecule has 0 fully saturated rings. The quantitative estimate of drug-likeness (QED) is 0.750. The van der Waals surface area contributed by atoms with E-state index in [1.54, 1.807) is 17.9 Å². The molecule has 1 unspecified atom stereocenters. The molecule has 0 aliphatic heterocycles. The van der Waals surface area contributed by atoms with E-state index >= 15 is 0 Å². The Morgan fingerprint density at radius 1 is 1.31 bits per heavy atom. The van der Waals surface area contributed by atoms with Gasteiger partial charge in [-0.2, -0.15) is 5.10 Å². The Bertz CT molecular complexity index is 1010. The second-order valence-electron chi connectivity index (χ2n) is 6.49. The lowest BCUT2D eigenvalue weighted by atomic mass is 9.96. The van der Waals surface area contributed by atoms with Crippen LogP contribution < -0.4 is 10.7 Å². The third-order valence-corrected chi connectivity index (χ3v) is 4.65. The molecule has 26 heavy (non-hydrogen) atoms. The standard InChI is InChI=1S/C19H19N5O2/c1-12-9-17(25)18(23-24(12)14-5-3-2-4-6-14)19(26)22-13-7-8-15-16(10-13)21-11-20-15/h2-6,9,11,13H,7-8,10H2,1H3,(H,20,21)(H,22,26). The number of carbonyl (C=O) groups is 1. The monoisotopic (exact) mass is 349 g/mol. The van der Waals surface area contributed by atoms with Crippen molar-refractivity contribution in [1.82, 2.24) is 25.1 Å². The molecule has 7 heteroatoms. The lowest BCUT2D eigenvalue weighted by Crippen LogP contribution is -2.41. The molecule has 0 saturated carbocycles. The van der Waals surface area contributed by atoms with Crippen LogP contribution in [0.15, 0.2) is 47.5 Å². The van der Waals surface area contributed by atoms with E-state index in [0.29, 0.717) is 12.1 Å². The molecule has 2 N–H and O–H groups in total. The van der Waals surface area contributed by atoms with Gasteiger partial charge in [-0.25, -0.2) is 9.67 Å². The Hall–Kier alpha value is -3.22. The van der Waals surface area contributed by atoms with Gasteiger partial charge in [0.2, 0.25) is 5.43 Å². The third-order valence-electron chi connectivity index (χ3n) is 4.65. The normalized spacial score (nSPS) is 16.1. The Labute approximate surface area is 150 Å². The second-order valence-corrected chi connectivity index (χ2v) is 6.49. The van der Waals surface area contributed by atoms with Crippen molar-refractivity contribution < 1.29 is 4.79 Å². The van der Waals surface area contributed by atoms with Gasteiger partial charge in [0.15, 0.2) is 5.69 Å². The Morgan fingerprint density at radius 3 is 2.92 bits per heavy atom. The molecule has 0 saturated heterocycles. The largest absolute Gasteiger partial charge is 0.348 e. The van der Waals surface area contributed by atoms with Crippen LogP contribution >= 0.6 is 0 Å². The van der Waals surface area contributed by atoms with E-state index in [1.807, 2.05) is 30.3 Å². The van der Waals surface area contributed by atoms with E-state index in [0.717, 1.165) is 29.9 Å². The van der Waals surface area contributed by atoms with E-state index in [-0.39, 0.29) is 17.2 Å². The Balaban J connectivity index is 1.59. The second kappa shape index (κ2) is 6.59. The van der Waals surface area contributed by atoms with Gasteiger partial charge in [0.1, 0.15) is 0 Å². The van der Waals surface area contributed by atoms with Gasteiger partial charge in [0, 0.05) is 29.9 Å². The number of nitrogens with one attached hydrogen (secondary N) is 2. The van der Waals surface area contributed by atoms with Gasteiger partial charge in [-0.3, -0.25) is 9.59 Å². The molecule has 2 heterocycles. The van der Waals surface area contributed by atoms with Crippen LogP contribution in [0.2, 0.25) is 0 Å². The van der Waals surface area contributed by atoms with Crippen molar-refractivity contribution in [2.24, 2.45) is 0 Å². The van der Waals surface area contributed by atoms with Gasteiger partial charge in [-0.15, -0.1) is 0 Å². The molecule has 1 amide bonds. The molecule has 1 aliphatic carbocycles. The maximum Gasteiger partial charge on any atom is 0.276 e. The number of benzene rings is 1. The predicted molar refractivity (Wildman–Crippen MR) is 96.4 cm³/mol. The molecule has 1 aliphatic rings. The minimum Gasteiger partial charge on any atom is -0.348 e. The summed E-state index contributed by atoms with van der Waals surface area (Å²) in [5.74, 6) is -0.437. The highest BCUT2D eigenvalue weighted by Crippen LogP contribution is 2.18. The van der Waals surface area contributed by atoms with Crippen LogP contribution in [-0.4, -0.2) is 31.7 Å². The number of H-pyrrole nitrogens is 1. The predicted octanol–water partition coefficient (Wildman–Crippen LogP) is 1.55. The summed E-state index contributed by atoms with van der Waals surface area (Å²) in [6, 6.07) is 10.9. The number of aromatic nitrogens is 4. The molecule has 2 aromatic heterocycles. The first-order valence-electron chi connectivity index (χ1n) is 8.60. The number of nitrogens with zero attached hydrogens (tertiary/aromatic N) is 3. The maximum absolute atomic E-state index is 12.7. The summed E-state index contributed by atoms with van der Waals surface area (Å²) >= 11 is 0. The highest BCUT2D eigenvalue weighted by molar-refractivity contribution is 5.92. The average Bonchev–Trinajstić information content (AvgIpc) is 3.10. The summed E-state index contributed by atoms with van der Waals surface area (Å²) in [6.07, 6.45) is 3.95. The maximum atomic E-state index is 12.7. The topological polar surface area (TPSA) is 92.7 Å². The number of carbonyl (C=O) groups excluding carboxylic acids is 1. The summed E-state index contributed by atoms with van der Waals surface area (Å²) in [6.45, 7) is 1.80. The summed E-state index contributed by atoms with van der Waals surface area (Å²) < 4.78 is 1.62. The van der Waals surface area contributed by atoms with Gasteiger partial charge < -0.3 is 10.3 Å². The van der Waals surface area contributed by atoms with Crippen LogP contribution in [0.4, 0.5) is 0 Å². The van der Waals surface area contributed by atoms with Crippen LogP contribution in [0, 0.1) is 6.92 Å². The fraction of sp³-hybridized carbons (Fsp3) is 0.263. The third kappa shape index (κ3) is 3.03. The molecule has 0 radical (unpaired) electrons. The number of aryl methyl sites for hydroxylation is 2. The molecule has 132 valence electrons. The van der Waals surface area contributed by atoms with Crippen LogP contribution in [0.25, 0.3) is 5.69 Å². The SMILES string of the molecule is Cc1cc(=O)c(C(=O)NC2CCc3nc[nH]c3C2)nn1-c1ccccc1. The molecule has 1 aromatic carbocycles. The summed E-state index contributed by atoms with van der Waals surface area (Å²) in [5, 5.41) is 7.26. The fourth-order valence-electron chi connectivity index (χ4n) is 3.31. The zero-order chi connectivity index (χ0) is 18.1. The van der Waals surface area contributed by atoms with Crippen molar-refractivity contribution >= 4 is 5.91 Å². The van der Waals surface area contributed by atoms with Gasteiger partial charge in [-0.05, 0) is 31.9 Å². The molecule has 0 bridgehead atoms. The van der Waals surface area contributed by atoms with Crippen LogP contribution in [-0.2, 0) is 12.8 Å². The van der Waals surface area contributed by atoms with E-state index in [9.17, 15) is 9.59 Å². The number of hydrogen-bond donors (Lipinski definition) is 2. The highest BCUT2D eigenvalue weighted by atomic mass is 16.2. The first kappa shape index (κ1) is 16.3. The molecule has 0 spiro atoms. The Morgan fingerprint density at radius 2 is 2.12 bits per heavy atom. The fourth-order valence-corrected chi connectivity index (χ4v) is 3.31. The van der Waals surface area contributed by atoms with Crippen molar-refractivity contribution in [3.8, 4) is 5.69 Å². The van der Waals surface area contributed by atoms with Crippen molar-refractivity contribution in [3.63, 3.8) is 0 Å². The lowest BCUT2D eigenvalue weighted by Gasteiger charge is -2.22. The molecular formula is C19H19N5O2. The number of amides is 1. The van der Waals surface area contributed by atoms with Gasteiger partial charge in [0.25, 0.3) is 5.91 Å². The van der Waals surface area contributed by atoms with Crippen LogP contribution in [0.3, 0.4) is 0 Å². The highest BCUT2D eigenvalue weighted by Gasteiger charge is 2.24. The molecule has 1 atom stereocenters. The molecule has 3 aromatic rings.